The maximum Gasteiger partial charge on any atom is 0.329 e. The maximum atomic E-state index is 13.5. The van der Waals surface area contributed by atoms with Crippen molar-refractivity contribution in [3.63, 3.8) is 0 Å². The van der Waals surface area contributed by atoms with Crippen LogP contribution in [0, 0.1) is 0 Å². The topological polar surface area (TPSA) is 217 Å². The molecule has 2 aliphatic rings. The van der Waals surface area contributed by atoms with Crippen LogP contribution in [0.5, 0.6) is 0 Å². The molecule has 2 atom stereocenters. The number of rotatable bonds is 5. The van der Waals surface area contributed by atoms with Crippen LogP contribution in [0.3, 0.4) is 0 Å². The second kappa shape index (κ2) is 11.8. The van der Waals surface area contributed by atoms with E-state index in [0.717, 1.165) is 6.42 Å². The van der Waals surface area contributed by atoms with Gasteiger partial charge in [-0.15, -0.1) is 0 Å². The number of primary amides is 1. The Kier molecular flexibility index (Phi) is 9.06. The van der Waals surface area contributed by atoms with Crippen LogP contribution in [0.25, 0.3) is 0 Å². The van der Waals surface area contributed by atoms with Gasteiger partial charge in [-0.05, 0) is 24.0 Å². The number of hydrogen-bond acceptors (Lipinski definition) is 6. The normalized spacial score (nSPS) is 23.4. The van der Waals surface area contributed by atoms with E-state index in [1.54, 1.807) is 0 Å². The van der Waals surface area contributed by atoms with Gasteiger partial charge in [-0.2, -0.15) is 0 Å². The molecule has 1 aliphatic carbocycles. The Bertz CT molecular complexity index is 1100. The van der Waals surface area contributed by atoms with Crippen molar-refractivity contribution in [2.24, 2.45) is 5.73 Å². The summed E-state index contributed by atoms with van der Waals surface area (Å²) in [5.74, 6) is -3.30. The van der Waals surface area contributed by atoms with E-state index in [1.165, 1.54) is 24.3 Å². The molecule has 0 unspecified atom stereocenters. The number of nitrogens with two attached hydrogens (primary N) is 1. The molecule has 0 radical (unpaired) electrons. The van der Waals surface area contributed by atoms with Gasteiger partial charge in [0.05, 0.1) is 12.6 Å². The second-order valence-corrected chi connectivity index (χ2v) is 11.1. The molecule has 1 spiro atoms. The molecule has 0 bridgehead atoms. The van der Waals surface area contributed by atoms with Crippen molar-refractivity contribution in [3.8, 4) is 0 Å². The maximum absolute atomic E-state index is 13.5. The summed E-state index contributed by atoms with van der Waals surface area (Å²) >= 11 is 0. The minimum Gasteiger partial charge on any atom is -0.370 e. The lowest BCUT2D eigenvalue weighted by Crippen LogP contribution is -2.63. The highest BCUT2D eigenvalue weighted by Gasteiger charge is 2.44. The molecule has 1 saturated carbocycles. The fourth-order valence-corrected chi connectivity index (χ4v) is 5.27. The smallest absolute Gasteiger partial charge is 0.329 e. The van der Waals surface area contributed by atoms with Gasteiger partial charge in [0.1, 0.15) is 17.6 Å². The zero-order chi connectivity index (χ0) is 27.2. The minimum atomic E-state index is -4.30. The van der Waals surface area contributed by atoms with Crippen LogP contribution in [0.1, 0.15) is 62.1 Å². The summed E-state index contributed by atoms with van der Waals surface area (Å²) in [6.45, 7) is -0.115. The fourth-order valence-electron chi connectivity index (χ4n) is 4.59. The van der Waals surface area contributed by atoms with Crippen molar-refractivity contribution >= 4 is 37.1 Å². The molecule has 14 heteroatoms. The van der Waals surface area contributed by atoms with Gasteiger partial charge in [0.2, 0.25) is 29.5 Å². The van der Waals surface area contributed by atoms with Crippen LogP contribution < -0.4 is 27.0 Å². The van der Waals surface area contributed by atoms with E-state index in [0.29, 0.717) is 24.0 Å². The predicted molar refractivity (Wildman–Crippen MR) is 130 cm³/mol. The lowest BCUT2D eigenvalue weighted by Gasteiger charge is -2.38. The molecule has 2 fully saturated rings. The van der Waals surface area contributed by atoms with E-state index in [1.807, 2.05) is 0 Å². The Morgan fingerprint density at radius 1 is 1.00 bits per heavy atom. The lowest BCUT2D eigenvalue weighted by molar-refractivity contribution is -0.139. The van der Waals surface area contributed by atoms with E-state index in [4.69, 9.17) is 5.73 Å². The van der Waals surface area contributed by atoms with Crippen molar-refractivity contribution < 1.29 is 38.3 Å². The highest BCUT2D eigenvalue weighted by atomic mass is 31.2. The second-order valence-electron chi connectivity index (χ2n) is 9.43. The zero-order valence-corrected chi connectivity index (χ0v) is 21.1. The fraction of sp³-hybridized carbons (Fsp3) is 0.522. The molecule has 1 saturated heterocycles. The SMILES string of the molecule is NC(=O)C[C@@H]1NC(=O)C2(CCCCC2)NC(=O)[C@@H](c2ccc(CP(=O)(O)O)cc2)NC(=O)CCNC1=O. The largest absolute Gasteiger partial charge is 0.370 e. The molecule has 1 aromatic rings. The predicted octanol–water partition coefficient (Wildman–Crippen LogP) is -0.779. The minimum absolute atomic E-state index is 0.115. The molecule has 3 rings (SSSR count). The Morgan fingerprint density at radius 3 is 2.24 bits per heavy atom. The van der Waals surface area contributed by atoms with E-state index in [9.17, 15) is 38.3 Å². The monoisotopic (exact) mass is 537 g/mol. The summed E-state index contributed by atoms with van der Waals surface area (Å²) in [5.41, 5.74) is 4.59. The van der Waals surface area contributed by atoms with Crippen LogP contribution in [0.15, 0.2) is 24.3 Å². The molecule has 8 N–H and O–H groups in total. The molecule has 13 nitrogen and oxygen atoms in total. The molecular formula is C23H32N5O8P. The van der Waals surface area contributed by atoms with Gasteiger partial charge in [0.15, 0.2) is 0 Å². The third-order valence-corrected chi connectivity index (χ3v) is 7.23. The summed E-state index contributed by atoms with van der Waals surface area (Å²) < 4.78 is 11.3. The molecule has 1 aromatic carbocycles. The summed E-state index contributed by atoms with van der Waals surface area (Å²) in [7, 11) is -4.30. The van der Waals surface area contributed by atoms with E-state index in [-0.39, 0.29) is 25.8 Å². The van der Waals surface area contributed by atoms with E-state index >= 15 is 0 Å². The molecule has 1 aliphatic heterocycles. The van der Waals surface area contributed by atoms with E-state index < -0.39 is 67.3 Å². The molecule has 5 amide bonds. The first-order valence-corrected chi connectivity index (χ1v) is 13.8. The number of hydrogen-bond donors (Lipinski definition) is 7. The third kappa shape index (κ3) is 7.85. The first kappa shape index (κ1) is 28.3. The molecule has 0 aromatic heterocycles. The van der Waals surface area contributed by atoms with Gasteiger partial charge in [0, 0.05) is 13.0 Å². The molecule has 37 heavy (non-hydrogen) atoms. The van der Waals surface area contributed by atoms with Crippen LogP contribution >= 0.6 is 7.60 Å². The first-order chi connectivity index (χ1) is 17.4. The number of carbonyl (C=O) groups excluding carboxylic acids is 5. The zero-order valence-electron chi connectivity index (χ0n) is 20.2. The Morgan fingerprint density at radius 2 is 1.65 bits per heavy atom. The van der Waals surface area contributed by atoms with Gasteiger partial charge < -0.3 is 36.8 Å². The Hall–Kier alpha value is -3.28. The number of amides is 5. The van der Waals surface area contributed by atoms with Crippen LogP contribution in [0.4, 0.5) is 0 Å². The third-order valence-electron chi connectivity index (χ3n) is 6.45. The summed E-state index contributed by atoms with van der Waals surface area (Å²) in [5, 5.41) is 10.5. The lowest BCUT2D eigenvalue weighted by atomic mass is 9.80. The van der Waals surface area contributed by atoms with Gasteiger partial charge in [0.25, 0.3) is 0 Å². The van der Waals surface area contributed by atoms with E-state index in [2.05, 4.69) is 21.3 Å². The first-order valence-electron chi connectivity index (χ1n) is 12.0. The number of nitrogens with one attached hydrogen (secondary N) is 4. The highest BCUT2D eigenvalue weighted by molar-refractivity contribution is 7.50. The van der Waals surface area contributed by atoms with Crippen molar-refractivity contribution in [2.45, 2.75) is 68.7 Å². The van der Waals surface area contributed by atoms with Gasteiger partial charge in [-0.3, -0.25) is 28.5 Å². The number of carbonyl (C=O) groups is 5. The Balaban J connectivity index is 1.95. The van der Waals surface area contributed by atoms with Crippen LogP contribution in [0.2, 0.25) is 0 Å². The standard InChI is InChI=1S/C23H32N5O8P/c24-17(29)12-16-20(31)25-11-8-18(30)27-19(15-6-4-14(5-7-15)13-37(34,35)36)21(32)28-23(22(33)26-16)9-2-1-3-10-23/h4-7,16,19H,1-3,8-13H2,(H2,24,29)(H,25,31)(H,26,33)(H,27,30)(H,28,32)(H2,34,35,36)/t16-,19+/m0/s1. The van der Waals surface area contributed by atoms with Crippen LogP contribution in [-0.4, -0.2) is 57.4 Å². The van der Waals surface area contributed by atoms with Crippen molar-refractivity contribution in [1.82, 2.24) is 21.3 Å². The summed E-state index contributed by atoms with van der Waals surface area (Å²) in [4.78, 5) is 82.2. The average Bonchev–Trinajstić information content (AvgIpc) is 2.81. The molecule has 202 valence electrons. The quantitative estimate of drug-likeness (QED) is 0.236. The summed E-state index contributed by atoms with van der Waals surface area (Å²) in [6, 6.07) is 3.39. The van der Waals surface area contributed by atoms with Crippen molar-refractivity contribution in [3.05, 3.63) is 35.4 Å². The van der Waals surface area contributed by atoms with Gasteiger partial charge in [-0.25, -0.2) is 0 Å². The van der Waals surface area contributed by atoms with Crippen molar-refractivity contribution in [2.75, 3.05) is 6.54 Å². The highest BCUT2D eigenvalue weighted by Crippen LogP contribution is 2.39. The molecular weight excluding hydrogens is 505 g/mol. The molecule has 1 heterocycles. The summed E-state index contributed by atoms with van der Waals surface area (Å²) in [6.07, 6.45) is 1.58. The number of benzene rings is 1. The van der Waals surface area contributed by atoms with Crippen molar-refractivity contribution in [1.29, 1.82) is 0 Å². The van der Waals surface area contributed by atoms with Gasteiger partial charge in [-0.1, -0.05) is 43.5 Å². The van der Waals surface area contributed by atoms with Gasteiger partial charge >= 0.3 is 7.60 Å². The average molecular weight is 538 g/mol. The Labute approximate surface area is 213 Å². The van der Waals surface area contributed by atoms with Crippen LogP contribution in [-0.2, 0) is 34.7 Å².